The fourth-order valence-electron chi connectivity index (χ4n) is 2.24. The molecule has 19 heavy (non-hydrogen) atoms. The second-order valence-corrected chi connectivity index (χ2v) is 6.06. The Bertz CT molecular complexity index is 405. The predicted octanol–water partition coefficient (Wildman–Crippen LogP) is 2.57. The number of hydrogen-bond donors (Lipinski definition) is 2. The molecule has 1 saturated carbocycles. The Balaban J connectivity index is 0.00000162. The number of nitrogens with two attached hydrogens (primary N) is 1. The van der Waals surface area contributed by atoms with Crippen molar-refractivity contribution in [2.24, 2.45) is 5.73 Å². The predicted molar refractivity (Wildman–Crippen MR) is 83.2 cm³/mol. The molecule has 0 aromatic carbocycles. The lowest BCUT2D eigenvalue weighted by Crippen LogP contribution is -2.54. The van der Waals surface area contributed by atoms with E-state index in [1.54, 1.807) is 11.3 Å². The maximum Gasteiger partial charge on any atom is 0.240 e. The molecule has 1 aliphatic carbocycles. The third kappa shape index (κ3) is 4.91. The molecule has 4 nitrogen and oxygen atoms in total. The van der Waals surface area contributed by atoms with Gasteiger partial charge in [-0.15, -0.1) is 36.2 Å². The molecule has 110 valence electrons. The summed E-state index contributed by atoms with van der Waals surface area (Å²) in [6, 6.07) is 0. The molecule has 1 aliphatic rings. The summed E-state index contributed by atoms with van der Waals surface area (Å²) in [5, 5.41) is 3.95. The van der Waals surface area contributed by atoms with Gasteiger partial charge < -0.3 is 11.1 Å². The van der Waals surface area contributed by atoms with E-state index in [2.05, 4.69) is 10.3 Å². The van der Waals surface area contributed by atoms with Crippen molar-refractivity contribution in [1.82, 2.24) is 10.3 Å². The highest BCUT2D eigenvalue weighted by Crippen LogP contribution is 2.26. The number of halogens is 2. The second-order valence-electron chi connectivity index (χ2n) is 4.75. The van der Waals surface area contributed by atoms with Gasteiger partial charge in [-0.3, -0.25) is 4.79 Å². The summed E-state index contributed by atoms with van der Waals surface area (Å²) in [7, 11) is 0. The Morgan fingerprint density at radius 1 is 1.42 bits per heavy atom. The molecule has 3 N–H and O–H groups in total. The third-order valence-corrected chi connectivity index (χ3v) is 4.20. The molecule has 1 heterocycles. The Labute approximate surface area is 130 Å². The van der Waals surface area contributed by atoms with E-state index in [0.29, 0.717) is 6.54 Å². The molecule has 1 aromatic rings. The first-order chi connectivity index (χ1) is 8.10. The normalized spacial score (nSPS) is 16.9. The van der Waals surface area contributed by atoms with Crippen LogP contribution in [0.1, 0.15) is 42.0 Å². The van der Waals surface area contributed by atoms with E-state index in [1.165, 1.54) is 6.42 Å². The van der Waals surface area contributed by atoms with Gasteiger partial charge in [-0.1, -0.05) is 19.3 Å². The number of hydrogen-bond acceptors (Lipinski definition) is 4. The van der Waals surface area contributed by atoms with Crippen LogP contribution in [0.25, 0.3) is 0 Å². The summed E-state index contributed by atoms with van der Waals surface area (Å²) in [5.74, 6) is -0.0109. The van der Waals surface area contributed by atoms with E-state index in [1.807, 2.05) is 13.1 Å². The monoisotopic (exact) mass is 325 g/mol. The molecule has 0 spiro atoms. The van der Waals surface area contributed by atoms with E-state index < -0.39 is 5.54 Å². The van der Waals surface area contributed by atoms with Gasteiger partial charge in [0.05, 0.1) is 17.1 Å². The minimum Gasteiger partial charge on any atom is -0.350 e. The van der Waals surface area contributed by atoms with Crippen LogP contribution in [0.15, 0.2) is 6.20 Å². The van der Waals surface area contributed by atoms with Crippen LogP contribution >= 0.6 is 36.2 Å². The summed E-state index contributed by atoms with van der Waals surface area (Å²) in [6.07, 6.45) is 6.74. The van der Waals surface area contributed by atoms with Crippen molar-refractivity contribution in [1.29, 1.82) is 0 Å². The SMILES string of the molecule is Cc1ncc(CNC(=O)C2(N)CCCCC2)s1.Cl.Cl. The number of thiazole rings is 1. The lowest BCUT2D eigenvalue weighted by molar-refractivity contribution is -0.127. The van der Waals surface area contributed by atoms with Crippen molar-refractivity contribution in [2.45, 2.75) is 51.1 Å². The number of carbonyl (C=O) groups is 1. The Kier molecular flexibility index (Phi) is 7.89. The molecular weight excluding hydrogens is 305 g/mol. The number of aromatic nitrogens is 1. The minimum atomic E-state index is -0.641. The van der Waals surface area contributed by atoms with Gasteiger partial charge in [0, 0.05) is 11.1 Å². The van der Waals surface area contributed by atoms with Gasteiger partial charge in [0.2, 0.25) is 5.91 Å². The maximum absolute atomic E-state index is 12.0. The zero-order chi connectivity index (χ0) is 12.3. The Morgan fingerprint density at radius 2 is 2.05 bits per heavy atom. The largest absolute Gasteiger partial charge is 0.350 e. The first-order valence-electron chi connectivity index (χ1n) is 6.09. The van der Waals surface area contributed by atoms with Gasteiger partial charge in [-0.2, -0.15) is 0 Å². The van der Waals surface area contributed by atoms with Crippen LogP contribution in [0.5, 0.6) is 0 Å². The average molecular weight is 326 g/mol. The fourth-order valence-corrected chi connectivity index (χ4v) is 2.97. The van der Waals surface area contributed by atoms with Crippen molar-refractivity contribution in [3.63, 3.8) is 0 Å². The molecule has 1 amide bonds. The molecule has 0 aliphatic heterocycles. The minimum absolute atomic E-state index is 0. The second kappa shape index (κ2) is 8.04. The highest BCUT2D eigenvalue weighted by Gasteiger charge is 2.34. The van der Waals surface area contributed by atoms with Gasteiger partial charge in [-0.05, 0) is 19.8 Å². The fraction of sp³-hybridized carbons (Fsp3) is 0.667. The lowest BCUT2D eigenvalue weighted by Gasteiger charge is -2.31. The zero-order valence-electron chi connectivity index (χ0n) is 11.0. The maximum atomic E-state index is 12.0. The Morgan fingerprint density at radius 3 is 2.58 bits per heavy atom. The van der Waals surface area contributed by atoms with Gasteiger partial charge in [0.25, 0.3) is 0 Å². The van der Waals surface area contributed by atoms with E-state index in [0.717, 1.165) is 35.6 Å². The van der Waals surface area contributed by atoms with Crippen LogP contribution in [0.4, 0.5) is 0 Å². The van der Waals surface area contributed by atoms with Crippen LogP contribution in [-0.4, -0.2) is 16.4 Å². The summed E-state index contributed by atoms with van der Waals surface area (Å²) in [5.41, 5.74) is 5.51. The van der Waals surface area contributed by atoms with Crippen molar-refractivity contribution in [2.75, 3.05) is 0 Å². The van der Waals surface area contributed by atoms with Crippen LogP contribution in [0.3, 0.4) is 0 Å². The van der Waals surface area contributed by atoms with Gasteiger partial charge >= 0.3 is 0 Å². The third-order valence-electron chi connectivity index (χ3n) is 3.29. The molecule has 7 heteroatoms. The highest BCUT2D eigenvalue weighted by molar-refractivity contribution is 7.11. The van der Waals surface area contributed by atoms with Gasteiger partial charge in [0.1, 0.15) is 0 Å². The van der Waals surface area contributed by atoms with Crippen LogP contribution < -0.4 is 11.1 Å². The number of carbonyl (C=O) groups excluding carboxylic acids is 1. The molecule has 0 saturated heterocycles. The van der Waals surface area contributed by atoms with E-state index in [9.17, 15) is 4.79 Å². The summed E-state index contributed by atoms with van der Waals surface area (Å²) in [4.78, 5) is 17.3. The number of rotatable bonds is 3. The molecular formula is C12H21Cl2N3OS. The molecule has 0 bridgehead atoms. The van der Waals surface area contributed by atoms with Crippen LogP contribution in [0.2, 0.25) is 0 Å². The highest BCUT2D eigenvalue weighted by atomic mass is 35.5. The molecule has 0 radical (unpaired) electrons. The van der Waals surface area contributed by atoms with Crippen molar-refractivity contribution in [3.05, 3.63) is 16.1 Å². The van der Waals surface area contributed by atoms with Gasteiger partial charge in [-0.25, -0.2) is 4.98 Å². The standard InChI is InChI=1S/C12H19N3OS.2ClH/c1-9-14-7-10(17-9)8-15-11(16)12(13)5-3-2-4-6-12;;/h7H,2-6,8,13H2,1H3,(H,15,16);2*1H. The average Bonchev–Trinajstić information content (AvgIpc) is 2.73. The molecule has 0 atom stereocenters. The molecule has 2 rings (SSSR count). The lowest BCUT2D eigenvalue weighted by atomic mass is 9.82. The smallest absolute Gasteiger partial charge is 0.240 e. The number of nitrogens with one attached hydrogen (secondary N) is 1. The van der Waals surface area contributed by atoms with Crippen LogP contribution in [-0.2, 0) is 11.3 Å². The van der Waals surface area contributed by atoms with Crippen molar-refractivity contribution < 1.29 is 4.79 Å². The van der Waals surface area contributed by atoms with E-state index >= 15 is 0 Å². The van der Waals surface area contributed by atoms with E-state index in [-0.39, 0.29) is 30.7 Å². The zero-order valence-corrected chi connectivity index (χ0v) is 13.4. The number of aryl methyl sites for hydroxylation is 1. The van der Waals surface area contributed by atoms with Crippen molar-refractivity contribution >= 4 is 42.1 Å². The first-order valence-corrected chi connectivity index (χ1v) is 6.90. The first kappa shape index (κ1) is 18.6. The van der Waals surface area contributed by atoms with Crippen LogP contribution in [0, 0.1) is 6.92 Å². The summed E-state index contributed by atoms with van der Waals surface area (Å²) in [6.45, 7) is 2.50. The molecule has 0 unspecified atom stereocenters. The summed E-state index contributed by atoms with van der Waals surface area (Å²) >= 11 is 1.61. The van der Waals surface area contributed by atoms with Crippen molar-refractivity contribution in [3.8, 4) is 0 Å². The van der Waals surface area contributed by atoms with Gasteiger partial charge in [0.15, 0.2) is 0 Å². The summed E-state index contributed by atoms with van der Waals surface area (Å²) < 4.78 is 0. The number of amides is 1. The molecule has 1 fully saturated rings. The molecule has 1 aromatic heterocycles. The Hall–Kier alpha value is -0.360. The quantitative estimate of drug-likeness (QED) is 0.897. The number of nitrogens with zero attached hydrogens (tertiary/aromatic N) is 1. The topological polar surface area (TPSA) is 68.0 Å². The van der Waals surface area contributed by atoms with E-state index in [4.69, 9.17) is 5.73 Å².